The molecular formula is C27H33N. The van der Waals surface area contributed by atoms with Crippen molar-refractivity contribution in [3.63, 3.8) is 0 Å². The van der Waals surface area contributed by atoms with Gasteiger partial charge >= 0.3 is 0 Å². The molecule has 0 aliphatic heterocycles. The minimum absolute atomic E-state index is 0.295. The molecule has 0 spiro atoms. The van der Waals surface area contributed by atoms with Gasteiger partial charge < -0.3 is 0 Å². The van der Waals surface area contributed by atoms with E-state index in [9.17, 15) is 0 Å². The highest BCUT2D eigenvalue weighted by Crippen LogP contribution is 2.19. The Morgan fingerprint density at radius 3 is 2.07 bits per heavy atom. The Bertz CT molecular complexity index is 738. The van der Waals surface area contributed by atoms with Crippen molar-refractivity contribution >= 4 is 0 Å². The monoisotopic (exact) mass is 371 g/mol. The van der Waals surface area contributed by atoms with E-state index in [1.165, 1.54) is 48.8 Å². The third kappa shape index (κ3) is 6.70. The summed E-state index contributed by atoms with van der Waals surface area (Å²) >= 11 is 0. The summed E-state index contributed by atoms with van der Waals surface area (Å²) in [6, 6.07) is 21.9. The standard InChI is InChI=1S/C27H33N/c1-2-3-19-27(21-20-24-13-7-4-8-14-24)28(22-25-15-9-5-10-16-25)23-26-17-11-6-12-18-26/h5-6,9-13,15-18,27H,2-4,7-8,14,19,22-23H2,1H3/t27-/m0/s1. The third-order valence-electron chi connectivity index (χ3n) is 5.42. The van der Waals surface area contributed by atoms with Crippen LogP contribution in [0.3, 0.4) is 0 Å². The van der Waals surface area contributed by atoms with Crippen molar-refractivity contribution < 1.29 is 0 Å². The number of hydrogen-bond donors (Lipinski definition) is 0. The topological polar surface area (TPSA) is 3.24 Å². The van der Waals surface area contributed by atoms with Gasteiger partial charge in [0, 0.05) is 13.1 Å². The normalized spacial score (nSPS) is 14.9. The molecule has 1 heteroatoms. The lowest BCUT2D eigenvalue weighted by Gasteiger charge is -2.29. The largest absolute Gasteiger partial charge is 0.281 e. The Hall–Kier alpha value is -2.30. The molecule has 0 bridgehead atoms. The minimum atomic E-state index is 0.295. The van der Waals surface area contributed by atoms with Crippen LogP contribution in [0.25, 0.3) is 0 Å². The van der Waals surface area contributed by atoms with E-state index in [1.807, 2.05) is 0 Å². The van der Waals surface area contributed by atoms with Gasteiger partial charge in [0.05, 0.1) is 6.04 Å². The Kier molecular flexibility index (Phi) is 8.41. The van der Waals surface area contributed by atoms with Crippen molar-refractivity contribution in [3.05, 3.63) is 83.4 Å². The maximum atomic E-state index is 3.67. The van der Waals surface area contributed by atoms with Gasteiger partial charge in [0.25, 0.3) is 0 Å². The number of nitrogens with zero attached hydrogens (tertiary/aromatic N) is 1. The summed E-state index contributed by atoms with van der Waals surface area (Å²) in [4.78, 5) is 2.57. The summed E-state index contributed by atoms with van der Waals surface area (Å²) in [5, 5.41) is 0. The molecule has 1 aliphatic carbocycles. The lowest BCUT2D eigenvalue weighted by atomic mass is 9.99. The van der Waals surface area contributed by atoms with Gasteiger partial charge in [-0.1, -0.05) is 98.3 Å². The fourth-order valence-electron chi connectivity index (χ4n) is 3.78. The fourth-order valence-corrected chi connectivity index (χ4v) is 3.78. The van der Waals surface area contributed by atoms with Gasteiger partial charge in [-0.3, -0.25) is 4.90 Å². The van der Waals surface area contributed by atoms with Crippen molar-refractivity contribution in [1.29, 1.82) is 0 Å². The smallest absolute Gasteiger partial charge is 0.0723 e. The quantitative estimate of drug-likeness (QED) is 0.464. The predicted octanol–water partition coefficient (Wildman–Crippen LogP) is 6.75. The molecule has 0 radical (unpaired) electrons. The van der Waals surface area contributed by atoms with Crippen LogP contribution >= 0.6 is 0 Å². The first-order valence-electron chi connectivity index (χ1n) is 10.9. The molecule has 0 saturated heterocycles. The Balaban J connectivity index is 1.83. The minimum Gasteiger partial charge on any atom is -0.281 e. The third-order valence-corrected chi connectivity index (χ3v) is 5.42. The highest BCUT2D eigenvalue weighted by atomic mass is 15.1. The SMILES string of the molecule is CCCC[C@@H](C#CC1=CCCCC1)N(Cc1ccccc1)Cc1ccccc1. The van der Waals surface area contributed by atoms with Crippen molar-refractivity contribution in [1.82, 2.24) is 4.90 Å². The van der Waals surface area contributed by atoms with Gasteiger partial charge in [-0.2, -0.15) is 0 Å². The Labute approximate surface area is 171 Å². The van der Waals surface area contributed by atoms with E-state index in [4.69, 9.17) is 0 Å². The first kappa shape index (κ1) is 20.4. The predicted molar refractivity (Wildman–Crippen MR) is 120 cm³/mol. The second kappa shape index (κ2) is 11.5. The molecule has 0 amide bonds. The zero-order chi connectivity index (χ0) is 19.4. The van der Waals surface area contributed by atoms with Gasteiger partial charge in [-0.25, -0.2) is 0 Å². The van der Waals surface area contributed by atoms with E-state index in [2.05, 4.69) is 90.4 Å². The summed E-state index contributed by atoms with van der Waals surface area (Å²) in [5.41, 5.74) is 4.07. The molecule has 2 aromatic rings. The molecular weight excluding hydrogens is 338 g/mol. The number of hydrogen-bond acceptors (Lipinski definition) is 1. The first-order valence-corrected chi connectivity index (χ1v) is 10.9. The lowest BCUT2D eigenvalue weighted by Crippen LogP contribution is -2.33. The summed E-state index contributed by atoms with van der Waals surface area (Å²) in [5.74, 6) is 7.22. The van der Waals surface area contributed by atoms with Crippen LogP contribution in [0.4, 0.5) is 0 Å². The molecule has 1 nitrogen and oxygen atoms in total. The number of allylic oxidation sites excluding steroid dienone is 2. The summed E-state index contributed by atoms with van der Waals surface area (Å²) < 4.78 is 0. The van der Waals surface area contributed by atoms with Crippen LogP contribution in [0.1, 0.15) is 63.0 Å². The van der Waals surface area contributed by atoms with E-state index >= 15 is 0 Å². The van der Waals surface area contributed by atoms with Gasteiger partial charge in [-0.15, -0.1) is 0 Å². The molecule has 0 heterocycles. The second-order valence-electron chi connectivity index (χ2n) is 7.78. The van der Waals surface area contributed by atoms with Crippen LogP contribution in [0.2, 0.25) is 0 Å². The van der Waals surface area contributed by atoms with Crippen LogP contribution < -0.4 is 0 Å². The maximum Gasteiger partial charge on any atom is 0.0723 e. The fraction of sp³-hybridized carbons (Fsp3) is 0.407. The summed E-state index contributed by atoms with van der Waals surface area (Å²) in [7, 11) is 0. The van der Waals surface area contributed by atoms with Crippen LogP contribution in [0.15, 0.2) is 72.3 Å². The molecule has 146 valence electrons. The first-order chi connectivity index (χ1) is 13.8. The second-order valence-corrected chi connectivity index (χ2v) is 7.78. The van der Waals surface area contributed by atoms with Crippen LogP contribution in [0, 0.1) is 11.8 Å². The van der Waals surface area contributed by atoms with Crippen molar-refractivity contribution in [2.45, 2.75) is 71.0 Å². The molecule has 1 aliphatic rings. The van der Waals surface area contributed by atoms with E-state index < -0.39 is 0 Å². The summed E-state index contributed by atoms with van der Waals surface area (Å²) in [6.07, 6.45) is 10.9. The Morgan fingerprint density at radius 2 is 1.54 bits per heavy atom. The number of benzene rings is 2. The van der Waals surface area contributed by atoms with E-state index in [-0.39, 0.29) is 0 Å². The van der Waals surface area contributed by atoms with E-state index in [0.717, 1.165) is 25.9 Å². The highest BCUT2D eigenvalue weighted by molar-refractivity contribution is 5.31. The van der Waals surface area contributed by atoms with E-state index in [0.29, 0.717) is 6.04 Å². The van der Waals surface area contributed by atoms with Crippen LogP contribution in [-0.4, -0.2) is 10.9 Å². The molecule has 0 N–H and O–H groups in total. The molecule has 28 heavy (non-hydrogen) atoms. The molecule has 0 unspecified atom stereocenters. The maximum absolute atomic E-state index is 3.67. The molecule has 0 fully saturated rings. The van der Waals surface area contributed by atoms with Gasteiger partial charge in [0.2, 0.25) is 0 Å². The van der Waals surface area contributed by atoms with Crippen LogP contribution in [-0.2, 0) is 13.1 Å². The number of unbranched alkanes of at least 4 members (excludes halogenated alkanes) is 1. The van der Waals surface area contributed by atoms with Gasteiger partial charge in [-0.05, 0) is 48.8 Å². The summed E-state index contributed by atoms with van der Waals surface area (Å²) in [6.45, 7) is 4.16. The Morgan fingerprint density at radius 1 is 0.893 bits per heavy atom. The number of rotatable bonds is 8. The molecule has 1 atom stereocenters. The average Bonchev–Trinajstić information content (AvgIpc) is 2.76. The molecule has 0 saturated carbocycles. The van der Waals surface area contributed by atoms with Crippen LogP contribution in [0.5, 0.6) is 0 Å². The van der Waals surface area contributed by atoms with Crippen molar-refractivity contribution in [2.75, 3.05) is 0 Å². The highest BCUT2D eigenvalue weighted by Gasteiger charge is 2.17. The molecule has 0 aromatic heterocycles. The average molecular weight is 372 g/mol. The zero-order valence-electron chi connectivity index (χ0n) is 17.2. The van der Waals surface area contributed by atoms with E-state index in [1.54, 1.807) is 0 Å². The van der Waals surface area contributed by atoms with Gasteiger partial charge in [0.1, 0.15) is 0 Å². The molecule has 2 aromatic carbocycles. The van der Waals surface area contributed by atoms with Crippen molar-refractivity contribution in [2.24, 2.45) is 0 Å². The van der Waals surface area contributed by atoms with Gasteiger partial charge in [0.15, 0.2) is 0 Å². The lowest BCUT2D eigenvalue weighted by molar-refractivity contribution is 0.206. The zero-order valence-corrected chi connectivity index (χ0v) is 17.2. The van der Waals surface area contributed by atoms with Crippen molar-refractivity contribution in [3.8, 4) is 11.8 Å². The molecule has 3 rings (SSSR count).